The third kappa shape index (κ3) is 6.11. The summed E-state index contributed by atoms with van der Waals surface area (Å²) in [5.41, 5.74) is 0. The van der Waals surface area contributed by atoms with Crippen molar-refractivity contribution < 1.29 is 49.3 Å². The summed E-state index contributed by atoms with van der Waals surface area (Å²) in [6.07, 6.45) is -9.71. The third-order valence-electron chi connectivity index (χ3n) is 5.49. The van der Waals surface area contributed by atoms with E-state index in [-0.39, 0.29) is 18.4 Å². The molecule has 2 heterocycles. The lowest BCUT2D eigenvalue weighted by Gasteiger charge is -2.46. The van der Waals surface area contributed by atoms with Gasteiger partial charge in [0.05, 0.1) is 25.4 Å². The highest BCUT2D eigenvalue weighted by Gasteiger charge is 2.48. The predicted octanol–water partition coefficient (Wildman–Crippen LogP) is -3.40. The third-order valence-corrected chi connectivity index (χ3v) is 5.49. The lowest BCUT2D eigenvalue weighted by Crippen LogP contribution is -2.66. The van der Waals surface area contributed by atoms with E-state index in [1.807, 2.05) is 13.8 Å². The molecule has 2 aliphatic rings. The molecule has 0 aliphatic carbocycles. The average molecular weight is 450 g/mol. The SMILES string of the molecule is CC(=O)NC1C(O)C(O)C(CO[C@@H]2OC(CO)[C@H](O)[C@H](O)C2NC(C)=O)O[C@H]1C(C)C. The molecule has 2 fully saturated rings. The van der Waals surface area contributed by atoms with Crippen LogP contribution in [0.1, 0.15) is 27.7 Å². The fraction of sp³-hybridized carbons (Fsp3) is 0.895. The fourth-order valence-electron chi connectivity index (χ4n) is 3.91. The molecule has 12 heteroatoms. The molecule has 7 N–H and O–H groups in total. The van der Waals surface area contributed by atoms with Crippen LogP contribution in [0.4, 0.5) is 0 Å². The van der Waals surface area contributed by atoms with Crippen LogP contribution in [0.3, 0.4) is 0 Å². The van der Waals surface area contributed by atoms with E-state index in [1.54, 1.807) is 0 Å². The van der Waals surface area contributed by atoms with E-state index in [0.29, 0.717) is 0 Å². The maximum absolute atomic E-state index is 11.5. The monoisotopic (exact) mass is 450 g/mol. The zero-order valence-electron chi connectivity index (χ0n) is 18.0. The van der Waals surface area contributed by atoms with Gasteiger partial charge in [-0.3, -0.25) is 9.59 Å². The summed E-state index contributed by atoms with van der Waals surface area (Å²) in [4.78, 5) is 23.0. The summed E-state index contributed by atoms with van der Waals surface area (Å²) in [7, 11) is 0. The van der Waals surface area contributed by atoms with E-state index in [2.05, 4.69) is 10.6 Å². The largest absolute Gasteiger partial charge is 0.394 e. The maximum atomic E-state index is 11.5. The fourth-order valence-corrected chi connectivity index (χ4v) is 3.91. The van der Waals surface area contributed by atoms with Crippen molar-refractivity contribution in [2.24, 2.45) is 5.92 Å². The molecule has 10 atom stereocenters. The number of amides is 2. The first-order chi connectivity index (χ1) is 14.5. The minimum absolute atomic E-state index is 0.115. The zero-order valence-corrected chi connectivity index (χ0v) is 18.0. The van der Waals surface area contributed by atoms with Crippen LogP contribution < -0.4 is 10.6 Å². The van der Waals surface area contributed by atoms with Gasteiger partial charge in [-0.2, -0.15) is 0 Å². The van der Waals surface area contributed by atoms with Crippen LogP contribution in [0, 0.1) is 5.92 Å². The van der Waals surface area contributed by atoms with Gasteiger partial charge in [0, 0.05) is 13.8 Å². The predicted molar refractivity (Wildman–Crippen MR) is 104 cm³/mol. The number of aliphatic hydroxyl groups excluding tert-OH is 5. The summed E-state index contributed by atoms with van der Waals surface area (Å²) in [6.45, 7) is 5.29. The summed E-state index contributed by atoms with van der Waals surface area (Å²) >= 11 is 0. The number of hydrogen-bond acceptors (Lipinski definition) is 10. The standard InChI is InChI=1S/C19H34N2O10/c1-7(2)18-12(20-8(3)23)16(27)15(26)11(30-18)6-29-19-13(21-9(4)24)17(28)14(25)10(5-22)31-19/h7,10-19,22,25-28H,5-6H2,1-4H3,(H,20,23)(H,21,24)/t10?,11?,12?,13?,14-,15?,16?,17+,18-,19+/m0/s1. The van der Waals surface area contributed by atoms with Gasteiger partial charge in [-0.15, -0.1) is 0 Å². The van der Waals surface area contributed by atoms with E-state index in [0.717, 1.165) is 0 Å². The van der Waals surface area contributed by atoms with Crippen LogP contribution in [-0.4, -0.2) is 112 Å². The number of hydrogen-bond donors (Lipinski definition) is 7. The Morgan fingerprint density at radius 1 is 0.871 bits per heavy atom. The average Bonchev–Trinajstić information content (AvgIpc) is 2.68. The van der Waals surface area contributed by atoms with Gasteiger partial charge in [-0.1, -0.05) is 13.8 Å². The molecular formula is C19H34N2O10. The van der Waals surface area contributed by atoms with Gasteiger partial charge >= 0.3 is 0 Å². The summed E-state index contributed by atoms with van der Waals surface area (Å²) in [5.74, 6) is -0.995. The van der Waals surface area contributed by atoms with Crippen LogP contribution >= 0.6 is 0 Å². The van der Waals surface area contributed by atoms with Crippen molar-refractivity contribution in [2.75, 3.05) is 13.2 Å². The number of carbonyl (C=O) groups excluding carboxylic acids is 2. The molecule has 0 spiro atoms. The van der Waals surface area contributed by atoms with Crippen LogP contribution in [0.15, 0.2) is 0 Å². The number of nitrogens with one attached hydrogen (secondary N) is 2. The number of aliphatic hydroxyl groups is 5. The van der Waals surface area contributed by atoms with Crippen molar-refractivity contribution in [3.8, 4) is 0 Å². The molecule has 0 bridgehead atoms. The topological polar surface area (TPSA) is 187 Å². The van der Waals surface area contributed by atoms with Gasteiger partial charge < -0.3 is 50.4 Å². The highest BCUT2D eigenvalue weighted by atomic mass is 16.7. The summed E-state index contributed by atoms with van der Waals surface area (Å²) in [6, 6.07) is -1.97. The molecule has 180 valence electrons. The Bertz CT molecular complexity index is 620. The first kappa shape index (κ1) is 25.9. The van der Waals surface area contributed by atoms with E-state index in [4.69, 9.17) is 14.2 Å². The number of carbonyl (C=O) groups is 2. The van der Waals surface area contributed by atoms with Crippen molar-refractivity contribution >= 4 is 11.8 Å². The Hall–Kier alpha value is -1.38. The first-order valence-electron chi connectivity index (χ1n) is 10.3. The van der Waals surface area contributed by atoms with E-state index >= 15 is 0 Å². The lowest BCUT2D eigenvalue weighted by atomic mass is 9.87. The van der Waals surface area contributed by atoms with Crippen molar-refractivity contribution in [2.45, 2.75) is 88.8 Å². The molecule has 0 aromatic carbocycles. The van der Waals surface area contributed by atoms with Gasteiger partial charge in [-0.25, -0.2) is 0 Å². The molecular weight excluding hydrogens is 416 g/mol. The van der Waals surface area contributed by atoms with Gasteiger partial charge in [-0.05, 0) is 5.92 Å². The van der Waals surface area contributed by atoms with Crippen molar-refractivity contribution in [3.63, 3.8) is 0 Å². The van der Waals surface area contributed by atoms with Crippen LogP contribution in [-0.2, 0) is 23.8 Å². The molecule has 12 nitrogen and oxygen atoms in total. The highest BCUT2D eigenvalue weighted by Crippen LogP contribution is 2.28. The Morgan fingerprint density at radius 2 is 1.39 bits per heavy atom. The maximum Gasteiger partial charge on any atom is 0.217 e. The highest BCUT2D eigenvalue weighted by molar-refractivity contribution is 5.73. The Labute approximate surface area is 180 Å². The smallest absolute Gasteiger partial charge is 0.217 e. The van der Waals surface area contributed by atoms with Crippen LogP contribution in [0.5, 0.6) is 0 Å². The molecule has 2 amide bonds. The van der Waals surface area contributed by atoms with Crippen molar-refractivity contribution in [1.29, 1.82) is 0 Å². The minimum Gasteiger partial charge on any atom is -0.394 e. The zero-order chi connectivity index (χ0) is 23.5. The van der Waals surface area contributed by atoms with Crippen molar-refractivity contribution in [3.05, 3.63) is 0 Å². The van der Waals surface area contributed by atoms with Crippen LogP contribution in [0.2, 0.25) is 0 Å². The second kappa shape index (κ2) is 11.0. The molecule has 0 saturated carbocycles. The van der Waals surface area contributed by atoms with Gasteiger partial charge in [0.25, 0.3) is 0 Å². The normalized spacial score (nSPS) is 41.1. The minimum atomic E-state index is -1.48. The molecule has 2 aliphatic heterocycles. The van der Waals surface area contributed by atoms with E-state index < -0.39 is 73.6 Å². The Balaban J connectivity index is 2.13. The summed E-state index contributed by atoms with van der Waals surface area (Å²) in [5, 5.41) is 55.9. The van der Waals surface area contributed by atoms with Crippen molar-refractivity contribution in [1.82, 2.24) is 10.6 Å². The van der Waals surface area contributed by atoms with E-state index in [1.165, 1.54) is 13.8 Å². The summed E-state index contributed by atoms with van der Waals surface area (Å²) < 4.78 is 17.0. The van der Waals surface area contributed by atoms with E-state index in [9.17, 15) is 35.1 Å². The molecule has 31 heavy (non-hydrogen) atoms. The molecule has 2 rings (SSSR count). The molecule has 6 unspecified atom stereocenters. The van der Waals surface area contributed by atoms with Gasteiger partial charge in [0.1, 0.15) is 42.7 Å². The van der Waals surface area contributed by atoms with Crippen LogP contribution in [0.25, 0.3) is 0 Å². The Kier molecular flexibility index (Phi) is 9.15. The first-order valence-corrected chi connectivity index (χ1v) is 10.3. The quantitative estimate of drug-likeness (QED) is 0.206. The lowest BCUT2D eigenvalue weighted by molar-refractivity contribution is -0.286. The number of rotatable bonds is 7. The molecule has 0 aromatic rings. The Morgan fingerprint density at radius 3 is 1.90 bits per heavy atom. The number of ether oxygens (including phenoxy) is 3. The van der Waals surface area contributed by atoms with Gasteiger partial charge in [0.15, 0.2) is 6.29 Å². The molecule has 2 saturated heterocycles. The molecule has 0 aromatic heterocycles. The molecule has 0 radical (unpaired) electrons. The van der Waals surface area contributed by atoms with Gasteiger partial charge in [0.2, 0.25) is 11.8 Å². The second-order valence-electron chi connectivity index (χ2n) is 8.36. The second-order valence-corrected chi connectivity index (χ2v) is 8.36.